The van der Waals surface area contributed by atoms with E-state index in [0.717, 1.165) is 31.0 Å². The van der Waals surface area contributed by atoms with E-state index in [1.165, 1.54) is 11.1 Å². The molecule has 0 spiro atoms. The lowest BCUT2D eigenvalue weighted by Gasteiger charge is -2.22. The van der Waals surface area contributed by atoms with Crippen molar-refractivity contribution >= 4 is 11.6 Å². The lowest BCUT2D eigenvalue weighted by molar-refractivity contribution is 0.312. The molecule has 0 bridgehead atoms. The van der Waals surface area contributed by atoms with Gasteiger partial charge in [0.15, 0.2) is 0 Å². The smallest absolute Gasteiger partial charge is 0.0409 e. The average molecular weight is 253 g/mol. The molecule has 0 aromatic heterocycles. The van der Waals surface area contributed by atoms with E-state index >= 15 is 0 Å². The molecule has 1 aliphatic rings. The summed E-state index contributed by atoms with van der Waals surface area (Å²) in [6.07, 6.45) is 2.21. The Morgan fingerprint density at radius 2 is 2.24 bits per heavy atom. The van der Waals surface area contributed by atoms with Crippen LogP contribution in [0.1, 0.15) is 30.5 Å². The van der Waals surface area contributed by atoms with Crippen molar-refractivity contribution < 1.29 is 0 Å². The first-order valence-corrected chi connectivity index (χ1v) is 6.72. The molecule has 1 fully saturated rings. The van der Waals surface area contributed by atoms with E-state index in [-0.39, 0.29) is 0 Å². The van der Waals surface area contributed by atoms with Crippen LogP contribution in [-0.2, 0) is 6.42 Å². The Morgan fingerprint density at radius 1 is 1.47 bits per heavy atom. The first-order valence-electron chi connectivity index (χ1n) is 6.34. The second kappa shape index (κ2) is 5.38. The minimum absolute atomic E-state index is 0.484. The fourth-order valence-corrected chi connectivity index (χ4v) is 3.02. The molecule has 3 heteroatoms. The van der Waals surface area contributed by atoms with Crippen molar-refractivity contribution in [1.29, 1.82) is 0 Å². The predicted molar refractivity (Wildman–Crippen MR) is 73.4 cm³/mol. The van der Waals surface area contributed by atoms with Gasteiger partial charge in [-0.1, -0.05) is 24.6 Å². The second-order valence-electron chi connectivity index (χ2n) is 4.99. The predicted octanol–water partition coefficient (Wildman–Crippen LogP) is 2.85. The first-order chi connectivity index (χ1) is 8.15. The van der Waals surface area contributed by atoms with Crippen LogP contribution < -0.4 is 5.73 Å². The summed E-state index contributed by atoms with van der Waals surface area (Å²) in [7, 11) is 2.18. The monoisotopic (exact) mass is 252 g/mol. The molecule has 0 aliphatic carbocycles. The van der Waals surface area contributed by atoms with Crippen LogP contribution in [0.25, 0.3) is 0 Å². The summed E-state index contributed by atoms with van der Waals surface area (Å²) in [5.41, 5.74) is 8.58. The zero-order chi connectivity index (χ0) is 12.4. The van der Waals surface area contributed by atoms with Crippen molar-refractivity contribution in [2.75, 3.05) is 20.1 Å². The minimum Gasteiger partial charge on any atom is -0.330 e. The van der Waals surface area contributed by atoms with Crippen LogP contribution in [-0.4, -0.2) is 25.0 Å². The third kappa shape index (κ3) is 2.65. The Kier molecular flexibility index (Phi) is 4.08. The molecule has 17 heavy (non-hydrogen) atoms. The number of rotatable bonds is 3. The molecule has 1 aromatic rings. The van der Waals surface area contributed by atoms with Crippen molar-refractivity contribution in [1.82, 2.24) is 4.90 Å². The number of benzene rings is 1. The number of aryl methyl sites for hydroxylation is 1. The molecule has 2 N–H and O–H groups in total. The summed E-state index contributed by atoms with van der Waals surface area (Å²) in [5.74, 6) is 0.619. The maximum atomic E-state index is 6.13. The summed E-state index contributed by atoms with van der Waals surface area (Å²) in [5, 5.41) is 0.835. The zero-order valence-corrected chi connectivity index (χ0v) is 11.4. The summed E-state index contributed by atoms with van der Waals surface area (Å²) < 4.78 is 0. The number of nitrogens with zero attached hydrogens (tertiary/aromatic N) is 1. The molecular formula is C14H21ClN2. The molecule has 2 rings (SSSR count). The van der Waals surface area contributed by atoms with Gasteiger partial charge in [0.05, 0.1) is 0 Å². The molecule has 0 saturated carbocycles. The van der Waals surface area contributed by atoms with Crippen LogP contribution >= 0.6 is 11.6 Å². The highest BCUT2D eigenvalue weighted by atomic mass is 35.5. The van der Waals surface area contributed by atoms with Crippen LogP contribution in [0.15, 0.2) is 18.2 Å². The Labute approximate surface area is 109 Å². The van der Waals surface area contributed by atoms with E-state index in [0.29, 0.717) is 12.0 Å². The highest BCUT2D eigenvalue weighted by Gasteiger charge is 2.30. The third-order valence-electron chi connectivity index (χ3n) is 3.82. The van der Waals surface area contributed by atoms with Gasteiger partial charge in [0.25, 0.3) is 0 Å². The normalized spacial score (nSPS) is 25.4. The van der Waals surface area contributed by atoms with Crippen molar-refractivity contribution in [2.45, 2.75) is 25.8 Å². The van der Waals surface area contributed by atoms with Crippen LogP contribution in [0.2, 0.25) is 5.02 Å². The molecule has 1 aromatic carbocycles. The molecule has 0 radical (unpaired) electrons. The number of halogens is 1. The van der Waals surface area contributed by atoms with E-state index in [1.807, 2.05) is 6.07 Å². The minimum atomic E-state index is 0.484. The summed E-state index contributed by atoms with van der Waals surface area (Å²) in [6.45, 7) is 4.07. The van der Waals surface area contributed by atoms with Gasteiger partial charge in [-0.2, -0.15) is 0 Å². The van der Waals surface area contributed by atoms with Crippen LogP contribution in [0.4, 0.5) is 0 Å². The number of hydrogen-bond donors (Lipinski definition) is 1. The van der Waals surface area contributed by atoms with Crippen molar-refractivity contribution in [3.05, 3.63) is 34.3 Å². The van der Waals surface area contributed by atoms with Crippen molar-refractivity contribution in [3.63, 3.8) is 0 Å². The van der Waals surface area contributed by atoms with Gasteiger partial charge in [0.2, 0.25) is 0 Å². The first kappa shape index (κ1) is 12.9. The van der Waals surface area contributed by atoms with Gasteiger partial charge in [-0.25, -0.2) is 0 Å². The Morgan fingerprint density at radius 3 is 2.82 bits per heavy atom. The molecule has 2 unspecified atom stereocenters. The Bertz CT molecular complexity index is 392. The molecule has 94 valence electrons. The highest BCUT2D eigenvalue weighted by Crippen LogP contribution is 2.36. The second-order valence-corrected chi connectivity index (χ2v) is 5.43. The molecule has 2 nitrogen and oxygen atoms in total. The van der Waals surface area contributed by atoms with E-state index in [1.54, 1.807) is 0 Å². The third-order valence-corrected chi connectivity index (χ3v) is 4.05. The van der Waals surface area contributed by atoms with Gasteiger partial charge in [-0.05, 0) is 55.6 Å². The van der Waals surface area contributed by atoms with Crippen molar-refractivity contribution in [3.8, 4) is 0 Å². The van der Waals surface area contributed by atoms with Crippen LogP contribution in [0, 0.1) is 5.92 Å². The van der Waals surface area contributed by atoms with Gasteiger partial charge in [0.1, 0.15) is 0 Å². The molecule has 2 atom stereocenters. The fraction of sp³-hybridized carbons (Fsp3) is 0.571. The van der Waals surface area contributed by atoms with E-state index in [2.05, 4.69) is 31.0 Å². The summed E-state index contributed by atoms with van der Waals surface area (Å²) >= 11 is 6.13. The maximum Gasteiger partial charge on any atom is 0.0409 e. The van der Waals surface area contributed by atoms with Gasteiger partial charge in [-0.3, -0.25) is 4.90 Å². The number of likely N-dealkylation sites (tertiary alicyclic amines) is 1. The topological polar surface area (TPSA) is 29.3 Å². The largest absolute Gasteiger partial charge is 0.330 e. The van der Waals surface area contributed by atoms with Crippen LogP contribution in [0.5, 0.6) is 0 Å². The van der Waals surface area contributed by atoms with Gasteiger partial charge in [0, 0.05) is 17.6 Å². The standard InChI is InChI=1S/C14H21ClN2/c1-3-11-4-5-12(15)7-13(11)14-6-10(8-16)9-17(14)2/h4-5,7,10,14H,3,6,8-9,16H2,1-2H3. The SMILES string of the molecule is CCc1ccc(Cl)cc1C1CC(CN)CN1C. The zero-order valence-electron chi connectivity index (χ0n) is 10.6. The highest BCUT2D eigenvalue weighted by molar-refractivity contribution is 6.30. The van der Waals surface area contributed by atoms with E-state index < -0.39 is 0 Å². The van der Waals surface area contributed by atoms with Gasteiger partial charge >= 0.3 is 0 Å². The molecule has 1 saturated heterocycles. The van der Waals surface area contributed by atoms with Crippen LogP contribution in [0.3, 0.4) is 0 Å². The van der Waals surface area contributed by atoms with Gasteiger partial charge in [-0.15, -0.1) is 0 Å². The summed E-state index contributed by atoms with van der Waals surface area (Å²) in [6, 6.07) is 6.75. The van der Waals surface area contributed by atoms with E-state index in [4.69, 9.17) is 17.3 Å². The molecular weight excluding hydrogens is 232 g/mol. The Hall–Kier alpha value is -0.570. The molecule has 1 heterocycles. The molecule has 0 amide bonds. The number of nitrogens with two attached hydrogens (primary N) is 1. The average Bonchev–Trinajstić information content (AvgIpc) is 2.70. The summed E-state index contributed by atoms with van der Waals surface area (Å²) in [4.78, 5) is 2.41. The lowest BCUT2D eigenvalue weighted by Crippen LogP contribution is -2.21. The quantitative estimate of drug-likeness (QED) is 0.897. The Balaban J connectivity index is 2.30. The van der Waals surface area contributed by atoms with Crippen molar-refractivity contribution in [2.24, 2.45) is 11.7 Å². The molecule has 1 aliphatic heterocycles. The maximum absolute atomic E-state index is 6.13. The van der Waals surface area contributed by atoms with Gasteiger partial charge < -0.3 is 5.73 Å². The number of hydrogen-bond acceptors (Lipinski definition) is 2. The van der Waals surface area contributed by atoms with E-state index in [9.17, 15) is 0 Å². The fourth-order valence-electron chi connectivity index (χ4n) is 2.84. The lowest BCUT2D eigenvalue weighted by atomic mass is 9.94.